The van der Waals surface area contributed by atoms with Crippen molar-refractivity contribution in [2.75, 3.05) is 13.1 Å². The lowest BCUT2D eigenvalue weighted by molar-refractivity contribution is 0.345. The van der Waals surface area contributed by atoms with Crippen LogP contribution in [0.2, 0.25) is 0 Å². The second kappa shape index (κ2) is 12.7. The first kappa shape index (κ1) is 22.6. The summed E-state index contributed by atoms with van der Waals surface area (Å²) < 4.78 is 0. The zero-order valence-electron chi connectivity index (χ0n) is 18.7. The van der Waals surface area contributed by atoms with Crippen molar-refractivity contribution < 1.29 is 0 Å². The van der Waals surface area contributed by atoms with Crippen LogP contribution < -0.4 is 0 Å². The maximum atomic E-state index is 2.36. The minimum absolute atomic E-state index is 0.797. The molecule has 0 amide bonds. The van der Waals surface area contributed by atoms with Crippen molar-refractivity contribution in [2.24, 2.45) is 11.8 Å². The van der Waals surface area contributed by atoms with Crippen LogP contribution in [0.25, 0.3) is 0 Å². The third-order valence-electron chi connectivity index (χ3n) is 6.14. The Morgan fingerprint density at radius 3 is 1.25 bits per heavy atom. The summed E-state index contributed by atoms with van der Waals surface area (Å²) in [7, 11) is 0. The van der Waals surface area contributed by atoms with Gasteiger partial charge in [-0.05, 0) is 60.1 Å². The Morgan fingerprint density at radius 2 is 0.964 bits per heavy atom. The van der Waals surface area contributed by atoms with E-state index in [1.165, 1.54) is 62.5 Å². The first-order chi connectivity index (χ1) is 13.7. The summed E-state index contributed by atoms with van der Waals surface area (Å²) in [6, 6.07) is 0. The van der Waals surface area contributed by atoms with Crippen LogP contribution in [0, 0.1) is 11.8 Å². The zero-order valence-corrected chi connectivity index (χ0v) is 18.7. The van der Waals surface area contributed by atoms with Crippen LogP contribution >= 0.6 is 0 Å². The first-order valence-electron chi connectivity index (χ1n) is 11.7. The molecule has 0 aromatic rings. The SMILES string of the molecule is CCCCC(CC)CN1C=CC(=C2C=CN(CC(CC)CCCC)C=C2)C=C1. The predicted octanol–water partition coefficient (Wildman–Crippen LogP) is 7.40. The van der Waals surface area contributed by atoms with E-state index in [2.05, 4.69) is 86.6 Å². The molecule has 0 N–H and O–H groups in total. The molecule has 0 saturated heterocycles. The smallest absolute Gasteiger partial charge is 0.0247 e. The Bertz CT molecular complexity index is 510. The average Bonchev–Trinajstić information content (AvgIpc) is 2.75. The fourth-order valence-electron chi connectivity index (χ4n) is 3.97. The van der Waals surface area contributed by atoms with Crippen molar-refractivity contribution in [3.05, 3.63) is 60.3 Å². The molecule has 28 heavy (non-hydrogen) atoms. The van der Waals surface area contributed by atoms with Gasteiger partial charge in [-0.1, -0.05) is 66.2 Å². The lowest BCUT2D eigenvalue weighted by Crippen LogP contribution is -2.22. The minimum atomic E-state index is 0.797. The van der Waals surface area contributed by atoms with E-state index in [1.807, 2.05) is 0 Å². The highest BCUT2D eigenvalue weighted by Gasteiger charge is 2.13. The van der Waals surface area contributed by atoms with E-state index in [0.29, 0.717) is 0 Å². The fourth-order valence-corrected chi connectivity index (χ4v) is 3.97. The van der Waals surface area contributed by atoms with E-state index in [1.54, 1.807) is 0 Å². The molecular weight excluding hydrogens is 340 g/mol. The lowest BCUT2D eigenvalue weighted by atomic mass is 9.98. The van der Waals surface area contributed by atoms with E-state index in [-0.39, 0.29) is 0 Å². The van der Waals surface area contributed by atoms with Crippen LogP contribution in [0.1, 0.15) is 79.1 Å². The Balaban J connectivity index is 1.87. The molecule has 2 aliphatic heterocycles. The summed E-state index contributed by atoms with van der Waals surface area (Å²) in [5.74, 6) is 1.59. The minimum Gasteiger partial charge on any atom is -0.354 e. The normalized spacial score (nSPS) is 18.3. The molecule has 156 valence electrons. The topological polar surface area (TPSA) is 6.48 Å². The van der Waals surface area contributed by atoms with Gasteiger partial charge in [0.1, 0.15) is 0 Å². The number of hydrogen-bond donors (Lipinski definition) is 0. The van der Waals surface area contributed by atoms with E-state index in [0.717, 1.165) is 24.9 Å². The molecule has 2 unspecified atom stereocenters. The Hall–Kier alpha value is -1.70. The Morgan fingerprint density at radius 1 is 0.607 bits per heavy atom. The van der Waals surface area contributed by atoms with Crippen molar-refractivity contribution >= 4 is 0 Å². The van der Waals surface area contributed by atoms with Crippen molar-refractivity contribution in [2.45, 2.75) is 79.1 Å². The average molecular weight is 383 g/mol. The summed E-state index contributed by atoms with van der Waals surface area (Å²) in [6.07, 6.45) is 28.6. The maximum Gasteiger partial charge on any atom is 0.0247 e. The van der Waals surface area contributed by atoms with Gasteiger partial charge in [0.05, 0.1) is 0 Å². The third kappa shape index (κ3) is 7.37. The standard InChI is InChI=1S/C26H42N2/c1-5-9-11-23(7-3)21-27-17-13-25(14-18-27)26-15-19-28(20-16-26)22-24(8-4)12-10-6-2/h13-20,23-24H,5-12,21-22H2,1-4H3. The first-order valence-corrected chi connectivity index (χ1v) is 11.7. The highest BCUT2D eigenvalue weighted by Crippen LogP contribution is 2.23. The summed E-state index contributed by atoms with van der Waals surface area (Å²) >= 11 is 0. The molecule has 2 aliphatic rings. The van der Waals surface area contributed by atoms with Gasteiger partial charge in [0.25, 0.3) is 0 Å². The molecule has 2 heteroatoms. The number of allylic oxidation sites excluding steroid dienone is 6. The Kier molecular flexibility index (Phi) is 10.2. The van der Waals surface area contributed by atoms with Crippen LogP contribution in [-0.2, 0) is 0 Å². The molecule has 0 bridgehead atoms. The molecule has 0 radical (unpaired) electrons. The molecule has 0 aromatic carbocycles. The highest BCUT2D eigenvalue weighted by molar-refractivity contribution is 5.48. The van der Waals surface area contributed by atoms with Crippen molar-refractivity contribution in [1.29, 1.82) is 0 Å². The van der Waals surface area contributed by atoms with E-state index < -0.39 is 0 Å². The van der Waals surface area contributed by atoms with Gasteiger partial charge in [0, 0.05) is 37.9 Å². The highest BCUT2D eigenvalue weighted by atomic mass is 15.1. The summed E-state index contributed by atoms with van der Waals surface area (Å²) in [4.78, 5) is 4.71. The molecule has 2 heterocycles. The summed E-state index contributed by atoms with van der Waals surface area (Å²) in [5, 5.41) is 0. The summed E-state index contributed by atoms with van der Waals surface area (Å²) in [5.41, 5.74) is 2.62. The number of unbranched alkanes of at least 4 members (excludes halogenated alkanes) is 2. The Labute approximate surface area is 174 Å². The number of nitrogens with zero attached hydrogens (tertiary/aromatic N) is 2. The maximum absolute atomic E-state index is 2.36. The van der Waals surface area contributed by atoms with Crippen LogP contribution in [0.3, 0.4) is 0 Å². The number of rotatable bonds is 12. The fraction of sp³-hybridized carbons (Fsp3) is 0.615. The predicted molar refractivity (Wildman–Crippen MR) is 124 cm³/mol. The van der Waals surface area contributed by atoms with Crippen molar-refractivity contribution in [1.82, 2.24) is 9.80 Å². The van der Waals surface area contributed by atoms with Gasteiger partial charge in [0.2, 0.25) is 0 Å². The van der Waals surface area contributed by atoms with Gasteiger partial charge in [-0.15, -0.1) is 0 Å². The van der Waals surface area contributed by atoms with E-state index in [4.69, 9.17) is 0 Å². The van der Waals surface area contributed by atoms with Crippen molar-refractivity contribution in [3.63, 3.8) is 0 Å². The van der Waals surface area contributed by atoms with Crippen molar-refractivity contribution in [3.8, 4) is 0 Å². The van der Waals surface area contributed by atoms with Crippen LogP contribution in [0.5, 0.6) is 0 Å². The monoisotopic (exact) mass is 382 g/mol. The zero-order chi connectivity index (χ0) is 20.2. The molecule has 2 rings (SSSR count). The van der Waals surface area contributed by atoms with Crippen LogP contribution in [0.15, 0.2) is 60.3 Å². The second-order valence-electron chi connectivity index (χ2n) is 8.40. The van der Waals surface area contributed by atoms with E-state index >= 15 is 0 Å². The van der Waals surface area contributed by atoms with Gasteiger partial charge < -0.3 is 9.80 Å². The van der Waals surface area contributed by atoms with Gasteiger partial charge >= 0.3 is 0 Å². The third-order valence-corrected chi connectivity index (χ3v) is 6.14. The molecule has 0 aromatic heterocycles. The quantitative estimate of drug-likeness (QED) is 0.347. The van der Waals surface area contributed by atoms with Gasteiger partial charge in [-0.2, -0.15) is 0 Å². The largest absolute Gasteiger partial charge is 0.354 e. The number of hydrogen-bond acceptors (Lipinski definition) is 2. The van der Waals surface area contributed by atoms with Crippen LogP contribution in [0.4, 0.5) is 0 Å². The lowest BCUT2D eigenvalue weighted by Gasteiger charge is -2.26. The molecule has 2 nitrogen and oxygen atoms in total. The molecule has 2 atom stereocenters. The molecule has 0 aliphatic carbocycles. The molecule has 0 saturated carbocycles. The van der Waals surface area contributed by atoms with E-state index in [9.17, 15) is 0 Å². The molecule has 0 spiro atoms. The van der Waals surface area contributed by atoms with Crippen LogP contribution in [-0.4, -0.2) is 22.9 Å². The van der Waals surface area contributed by atoms with Gasteiger partial charge in [-0.3, -0.25) is 0 Å². The van der Waals surface area contributed by atoms with Gasteiger partial charge in [0.15, 0.2) is 0 Å². The molecule has 0 fully saturated rings. The second-order valence-corrected chi connectivity index (χ2v) is 8.40. The summed E-state index contributed by atoms with van der Waals surface area (Å²) in [6.45, 7) is 11.5. The molecular formula is C26H42N2. The van der Waals surface area contributed by atoms with Gasteiger partial charge in [-0.25, -0.2) is 0 Å².